The molecule has 0 saturated carbocycles. The topological polar surface area (TPSA) is 85.8 Å². The molecule has 0 atom stereocenters. The van der Waals surface area contributed by atoms with Crippen molar-refractivity contribution in [2.45, 2.75) is 6.61 Å². The smallest absolute Gasteiger partial charge is 0.413 e. The number of hydrogen-bond donors (Lipinski definition) is 1. The van der Waals surface area contributed by atoms with E-state index in [1.54, 1.807) is 7.11 Å². The van der Waals surface area contributed by atoms with Gasteiger partial charge in [0.05, 0.1) is 26.0 Å². The van der Waals surface area contributed by atoms with E-state index in [0.29, 0.717) is 24.0 Å². The Morgan fingerprint density at radius 1 is 1.13 bits per heavy atom. The number of carbonyl (C=O) groups excluding carboxylic acids is 1. The van der Waals surface area contributed by atoms with Gasteiger partial charge in [-0.15, -0.1) is 11.3 Å². The molecule has 30 heavy (non-hydrogen) atoms. The molecule has 1 aliphatic rings. The van der Waals surface area contributed by atoms with Crippen molar-refractivity contribution >= 4 is 28.4 Å². The number of aromatic nitrogens is 2. The number of methoxy groups -OCH3 is 1. The van der Waals surface area contributed by atoms with Crippen molar-refractivity contribution in [1.82, 2.24) is 9.97 Å². The van der Waals surface area contributed by atoms with Crippen molar-refractivity contribution < 1.29 is 19.0 Å². The van der Waals surface area contributed by atoms with Gasteiger partial charge in [0.15, 0.2) is 5.13 Å². The molecule has 1 aliphatic heterocycles. The largest absolute Gasteiger partial charge is 0.497 e. The number of benzene rings is 1. The number of nitrogens with one attached hydrogen (secondary N) is 1. The van der Waals surface area contributed by atoms with Crippen LogP contribution in [0.1, 0.15) is 5.56 Å². The average Bonchev–Trinajstić information content (AvgIpc) is 3.27. The molecule has 0 bridgehead atoms. The number of carbonyl (C=O) groups is 1. The molecular formula is C21H22N4O4S. The Bertz CT molecular complexity index is 987. The van der Waals surface area contributed by atoms with Crippen LogP contribution in [-0.4, -0.2) is 49.5 Å². The number of hydrogen-bond acceptors (Lipinski definition) is 8. The van der Waals surface area contributed by atoms with E-state index in [1.807, 2.05) is 47.8 Å². The number of anilines is 2. The molecule has 1 aromatic carbocycles. The minimum absolute atomic E-state index is 0.164. The third-order valence-electron chi connectivity index (χ3n) is 4.57. The summed E-state index contributed by atoms with van der Waals surface area (Å²) in [5, 5.41) is 5.00. The third kappa shape index (κ3) is 5.05. The first-order valence-electron chi connectivity index (χ1n) is 9.53. The molecule has 2 aromatic heterocycles. The summed E-state index contributed by atoms with van der Waals surface area (Å²) < 4.78 is 15.8. The van der Waals surface area contributed by atoms with Crippen molar-refractivity contribution in [2.75, 3.05) is 43.6 Å². The standard InChI is InChI=1S/C21H22N4O4S/c1-27-16-7-5-15(6-8-16)13-29-21(26)24-20-23-18(14-30-20)17-3-2-4-19(22-17)25-9-11-28-12-10-25/h2-8,14H,9-13H2,1H3,(H,23,24,26). The quantitative estimate of drug-likeness (QED) is 0.642. The molecular weight excluding hydrogens is 404 g/mol. The highest BCUT2D eigenvalue weighted by Crippen LogP contribution is 2.25. The Balaban J connectivity index is 1.35. The third-order valence-corrected chi connectivity index (χ3v) is 5.33. The zero-order chi connectivity index (χ0) is 20.8. The Morgan fingerprint density at radius 2 is 1.93 bits per heavy atom. The number of amides is 1. The molecule has 1 saturated heterocycles. The molecule has 3 heterocycles. The number of thiazole rings is 1. The lowest BCUT2D eigenvalue weighted by molar-refractivity contribution is 0.122. The van der Waals surface area contributed by atoms with Gasteiger partial charge in [0, 0.05) is 18.5 Å². The van der Waals surface area contributed by atoms with Gasteiger partial charge >= 0.3 is 6.09 Å². The zero-order valence-corrected chi connectivity index (χ0v) is 17.4. The lowest BCUT2D eigenvalue weighted by atomic mass is 10.2. The second kappa shape index (κ2) is 9.55. The van der Waals surface area contributed by atoms with E-state index < -0.39 is 6.09 Å². The van der Waals surface area contributed by atoms with E-state index in [4.69, 9.17) is 19.2 Å². The number of ether oxygens (including phenoxy) is 3. The first kappa shape index (κ1) is 20.1. The normalized spacial score (nSPS) is 13.7. The summed E-state index contributed by atoms with van der Waals surface area (Å²) in [5.41, 5.74) is 2.34. The molecule has 4 rings (SSSR count). The highest BCUT2D eigenvalue weighted by molar-refractivity contribution is 7.14. The Labute approximate surface area is 178 Å². The summed E-state index contributed by atoms with van der Waals surface area (Å²) in [6.07, 6.45) is -0.554. The van der Waals surface area contributed by atoms with Gasteiger partial charge in [-0.25, -0.2) is 14.8 Å². The number of rotatable bonds is 6. The number of nitrogens with zero attached hydrogens (tertiary/aromatic N) is 3. The fraction of sp³-hybridized carbons (Fsp3) is 0.286. The van der Waals surface area contributed by atoms with Crippen molar-refractivity contribution in [1.29, 1.82) is 0 Å². The first-order chi connectivity index (χ1) is 14.7. The maximum absolute atomic E-state index is 12.1. The van der Waals surface area contributed by atoms with Gasteiger partial charge in [0.1, 0.15) is 23.9 Å². The van der Waals surface area contributed by atoms with Crippen molar-refractivity contribution in [3.8, 4) is 17.1 Å². The molecule has 1 amide bonds. The lowest BCUT2D eigenvalue weighted by Crippen LogP contribution is -2.36. The van der Waals surface area contributed by atoms with Crippen LogP contribution in [-0.2, 0) is 16.1 Å². The van der Waals surface area contributed by atoms with E-state index >= 15 is 0 Å². The average molecular weight is 426 g/mol. The van der Waals surface area contributed by atoms with Gasteiger partial charge in [-0.1, -0.05) is 18.2 Å². The fourth-order valence-corrected chi connectivity index (χ4v) is 3.67. The molecule has 0 radical (unpaired) electrons. The summed E-state index contributed by atoms with van der Waals surface area (Å²) in [6.45, 7) is 3.21. The van der Waals surface area contributed by atoms with Crippen LogP contribution in [0.3, 0.4) is 0 Å². The minimum atomic E-state index is -0.554. The maximum Gasteiger partial charge on any atom is 0.413 e. The summed E-state index contributed by atoms with van der Waals surface area (Å²) >= 11 is 1.33. The minimum Gasteiger partial charge on any atom is -0.497 e. The first-order valence-corrected chi connectivity index (χ1v) is 10.4. The van der Waals surface area contributed by atoms with Crippen LogP contribution in [0.5, 0.6) is 5.75 Å². The summed E-state index contributed by atoms with van der Waals surface area (Å²) in [7, 11) is 1.61. The van der Waals surface area contributed by atoms with Crippen LogP contribution in [0.25, 0.3) is 11.4 Å². The van der Waals surface area contributed by atoms with Crippen molar-refractivity contribution in [2.24, 2.45) is 0 Å². The van der Waals surface area contributed by atoms with E-state index in [9.17, 15) is 4.79 Å². The van der Waals surface area contributed by atoms with Crippen LogP contribution < -0.4 is 15.0 Å². The second-order valence-corrected chi connectivity index (χ2v) is 7.43. The van der Waals surface area contributed by atoms with Crippen LogP contribution in [0, 0.1) is 0 Å². The van der Waals surface area contributed by atoms with Crippen LogP contribution in [0.15, 0.2) is 47.8 Å². The Morgan fingerprint density at radius 3 is 2.70 bits per heavy atom. The highest BCUT2D eigenvalue weighted by Gasteiger charge is 2.15. The second-order valence-electron chi connectivity index (χ2n) is 6.57. The van der Waals surface area contributed by atoms with Gasteiger partial charge in [-0.2, -0.15) is 0 Å². The monoisotopic (exact) mass is 426 g/mol. The molecule has 9 heteroatoms. The molecule has 0 aliphatic carbocycles. The predicted molar refractivity (Wildman–Crippen MR) is 115 cm³/mol. The number of pyridine rings is 1. The van der Waals surface area contributed by atoms with E-state index in [0.717, 1.165) is 35.9 Å². The van der Waals surface area contributed by atoms with E-state index in [1.165, 1.54) is 11.3 Å². The fourth-order valence-electron chi connectivity index (χ4n) is 2.98. The molecule has 8 nitrogen and oxygen atoms in total. The Kier molecular flexibility index (Phi) is 6.41. The summed E-state index contributed by atoms with van der Waals surface area (Å²) in [6, 6.07) is 13.2. The van der Waals surface area contributed by atoms with Crippen LogP contribution >= 0.6 is 11.3 Å². The van der Waals surface area contributed by atoms with Crippen molar-refractivity contribution in [3.05, 3.63) is 53.4 Å². The SMILES string of the molecule is COc1ccc(COC(=O)Nc2nc(-c3cccc(N4CCOCC4)n3)cs2)cc1. The molecule has 156 valence electrons. The number of morpholine rings is 1. The van der Waals surface area contributed by atoms with Gasteiger partial charge in [-0.3, -0.25) is 5.32 Å². The predicted octanol–water partition coefficient (Wildman–Crippen LogP) is 3.80. The van der Waals surface area contributed by atoms with Gasteiger partial charge in [0.25, 0.3) is 0 Å². The van der Waals surface area contributed by atoms with Gasteiger partial charge in [-0.05, 0) is 29.8 Å². The van der Waals surface area contributed by atoms with Crippen molar-refractivity contribution in [3.63, 3.8) is 0 Å². The molecule has 0 unspecified atom stereocenters. The Hall–Kier alpha value is -3.17. The highest BCUT2D eigenvalue weighted by atomic mass is 32.1. The lowest BCUT2D eigenvalue weighted by Gasteiger charge is -2.27. The van der Waals surface area contributed by atoms with Crippen LogP contribution in [0.4, 0.5) is 15.7 Å². The summed E-state index contributed by atoms with van der Waals surface area (Å²) in [4.78, 5) is 23.5. The van der Waals surface area contributed by atoms with E-state index in [-0.39, 0.29) is 6.61 Å². The molecule has 1 N–H and O–H groups in total. The summed E-state index contributed by atoms with van der Waals surface area (Å²) in [5.74, 6) is 1.65. The molecule has 1 fully saturated rings. The molecule has 0 spiro atoms. The van der Waals surface area contributed by atoms with E-state index in [2.05, 4.69) is 15.2 Å². The van der Waals surface area contributed by atoms with Gasteiger partial charge < -0.3 is 19.1 Å². The molecule has 3 aromatic rings. The van der Waals surface area contributed by atoms with Crippen LogP contribution in [0.2, 0.25) is 0 Å². The maximum atomic E-state index is 12.1. The zero-order valence-electron chi connectivity index (χ0n) is 16.5. The van der Waals surface area contributed by atoms with Gasteiger partial charge in [0.2, 0.25) is 0 Å².